The van der Waals surface area contributed by atoms with Gasteiger partial charge in [0.25, 0.3) is 0 Å². The van der Waals surface area contributed by atoms with E-state index in [1.807, 2.05) is 20.8 Å². The molecule has 0 saturated carbocycles. The number of ether oxygens (including phenoxy) is 2. The molecule has 0 saturated heterocycles. The van der Waals surface area contributed by atoms with E-state index in [4.69, 9.17) is 21.1 Å². The number of carboxylic acid groups (broad SMARTS) is 1. The van der Waals surface area contributed by atoms with E-state index in [1.165, 1.54) is 20.3 Å². The van der Waals surface area contributed by atoms with Gasteiger partial charge in [-0.05, 0) is 43.5 Å². The van der Waals surface area contributed by atoms with Gasteiger partial charge in [-0.15, -0.1) is 0 Å². The van der Waals surface area contributed by atoms with Crippen LogP contribution >= 0.6 is 11.6 Å². The van der Waals surface area contributed by atoms with Crippen LogP contribution in [0.25, 0.3) is 0 Å². The number of carboxylic acids is 1. The van der Waals surface area contributed by atoms with Crippen molar-refractivity contribution in [3.8, 4) is 5.75 Å². The fourth-order valence-electron chi connectivity index (χ4n) is 3.59. The van der Waals surface area contributed by atoms with Crippen molar-refractivity contribution in [3.05, 3.63) is 63.4 Å². The van der Waals surface area contributed by atoms with Crippen molar-refractivity contribution >= 4 is 23.4 Å². The Labute approximate surface area is 170 Å². The third-order valence-corrected chi connectivity index (χ3v) is 5.68. The molecule has 0 radical (unpaired) electrons. The molecular weight excluding hydrogens is 380 g/mol. The zero-order valence-corrected chi connectivity index (χ0v) is 17.7. The summed E-state index contributed by atoms with van der Waals surface area (Å²) >= 11 is 5.96. The van der Waals surface area contributed by atoms with E-state index >= 15 is 0 Å². The Kier molecular flexibility index (Phi) is 6.40. The molecule has 0 fully saturated rings. The lowest BCUT2D eigenvalue weighted by Crippen LogP contribution is -2.33. The maximum absolute atomic E-state index is 12.7. The maximum atomic E-state index is 12.7. The topological polar surface area (TPSA) is 72.8 Å². The Morgan fingerprint density at radius 1 is 1.18 bits per heavy atom. The highest BCUT2D eigenvalue weighted by molar-refractivity contribution is 6.31. The van der Waals surface area contributed by atoms with Crippen LogP contribution in [0.15, 0.2) is 52.8 Å². The molecule has 1 atom stereocenters. The predicted octanol–water partition coefficient (Wildman–Crippen LogP) is 5.07. The Morgan fingerprint density at radius 3 is 2.36 bits per heavy atom. The van der Waals surface area contributed by atoms with E-state index in [0.717, 1.165) is 5.57 Å². The molecule has 28 heavy (non-hydrogen) atoms. The minimum atomic E-state index is -0.984. The number of hydrogen-bond donors (Lipinski definition) is 1. The first kappa shape index (κ1) is 21.8. The molecule has 0 amide bonds. The zero-order valence-electron chi connectivity index (χ0n) is 16.9. The second-order valence-electron chi connectivity index (χ2n) is 7.27. The SMILES string of the molecule is COC1=C(C)C(C(=O)O)=C(C)C(C)(C)C1C=CC(=O)c1ccc(Cl)cc1OC. The maximum Gasteiger partial charge on any atom is 0.336 e. The van der Waals surface area contributed by atoms with Gasteiger partial charge in [0.1, 0.15) is 11.5 Å². The number of halogens is 1. The van der Waals surface area contributed by atoms with E-state index in [1.54, 1.807) is 31.2 Å². The van der Waals surface area contributed by atoms with Gasteiger partial charge in [0, 0.05) is 16.5 Å². The minimum Gasteiger partial charge on any atom is -0.500 e. The minimum absolute atomic E-state index is 0.233. The number of ketones is 1. The van der Waals surface area contributed by atoms with Crippen LogP contribution in [0, 0.1) is 11.3 Å². The second kappa shape index (κ2) is 8.23. The highest BCUT2D eigenvalue weighted by Crippen LogP contribution is 2.48. The van der Waals surface area contributed by atoms with E-state index in [2.05, 4.69) is 0 Å². The summed E-state index contributed by atoms with van der Waals surface area (Å²) in [6.45, 7) is 7.42. The summed E-state index contributed by atoms with van der Waals surface area (Å²) < 4.78 is 10.8. The van der Waals surface area contributed by atoms with Crippen LogP contribution in [0.1, 0.15) is 38.1 Å². The van der Waals surface area contributed by atoms with E-state index in [-0.39, 0.29) is 17.3 Å². The van der Waals surface area contributed by atoms with Crippen LogP contribution in [-0.2, 0) is 9.53 Å². The Bertz CT molecular complexity index is 906. The average Bonchev–Trinajstić information content (AvgIpc) is 2.63. The Morgan fingerprint density at radius 2 is 1.82 bits per heavy atom. The molecule has 1 N–H and O–H groups in total. The van der Waals surface area contributed by atoms with Crippen LogP contribution in [0.2, 0.25) is 5.02 Å². The summed E-state index contributed by atoms with van der Waals surface area (Å²) in [5.41, 5.74) is 1.42. The van der Waals surface area contributed by atoms with Crippen molar-refractivity contribution in [1.82, 2.24) is 0 Å². The normalized spacial score (nSPS) is 19.2. The van der Waals surface area contributed by atoms with Crippen molar-refractivity contribution in [3.63, 3.8) is 0 Å². The molecule has 1 aromatic carbocycles. The van der Waals surface area contributed by atoms with Crippen molar-refractivity contribution < 1.29 is 24.2 Å². The summed E-state index contributed by atoms with van der Waals surface area (Å²) in [5.74, 6) is -0.568. The third-order valence-electron chi connectivity index (χ3n) is 5.45. The first-order valence-electron chi connectivity index (χ1n) is 8.82. The molecule has 0 bridgehead atoms. The fraction of sp³-hybridized carbons (Fsp3) is 0.364. The number of carbonyl (C=O) groups is 2. The molecule has 1 aromatic rings. The molecule has 150 valence electrons. The van der Waals surface area contributed by atoms with Crippen LogP contribution in [0.4, 0.5) is 0 Å². The number of aliphatic carboxylic acids is 1. The molecule has 5 nitrogen and oxygen atoms in total. The smallest absolute Gasteiger partial charge is 0.336 e. The molecule has 1 unspecified atom stereocenters. The Balaban J connectivity index is 2.48. The van der Waals surface area contributed by atoms with Crippen molar-refractivity contribution in [2.24, 2.45) is 11.3 Å². The van der Waals surface area contributed by atoms with Crippen LogP contribution in [0.3, 0.4) is 0 Å². The van der Waals surface area contributed by atoms with Crippen LogP contribution in [0.5, 0.6) is 5.75 Å². The molecule has 1 aliphatic carbocycles. The standard InChI is InChI=1S/C22H25ClO5/c1-12-19(21(25)26)13(2)22(3,4)16(20(12)28-6)9-10-17(24)15-8-7-14(23)11-18(15)27-5/h7-11,16H,1-6H3,(H,25,26). The molecule has 1 aliphatic rings. The lowest BCUT2D eigenvalue weighted by Gasteiger charge is -2.40. The largest absolute Gasteiger partial charge is 0.500 e. The van der Waals surface area contributed by atoms with E-state index < -0.39 is 11.4 Å². The zero-order chi connectivity index (χ0) is 21.2. The summed E-state index contributed by atoms with van der Waals surface area (Å²) in [6.07, 6.45) is 3.24. The van der Waals surface area contributed by atoms with Crippen molar-refractivity contribution in [2.45, 2.75) is 27.7 Å². The third kappa shape index (κ3) is 3.85. The second-order valence-corrected chi connectivity index (χ2v) is 7.70. The molecule has 2 rings (SSSR count). The van der Waals surface area contributed by atoms with Gasteiger partial charge in [0.2, 0.25) is 0 Å². The highest BCUT2D eigenvalue weighted by Gasteiger charge is 2.41. The number of allylic oxidation sites excluding steroid dienone is 3. The molecular formula is C22H25ClO5. The Hall–Kier alpha value is -2.53. The van der Waals surface area contributed by atoms with Gasteiger partial charge < -0.3 is 14.6 Å². The number of rotatable bonds is 6. The van der Waals surface area contributed by atoms with Crippen molar-refractivity contribution in [1.29, 1.82) is 0 Å². The van der Waals surface area contributed by atoms with Gasteiger partial charge in [-0.2, -0.15) is 0 Å². The number of methoxy groups -OCH3 is 2. The molecule has 0 spiro atoms. The molecule has 0 aliphatic heterocycles. The van der Waals surface area contributed by atoms with Crippen LogP contribution in [-0.4, -0.2) is 31.1 Å². The molecule has 0 heterocycles. The van der Waals surface area contributed by atoms with Gasteiger partial charge in [0.05, 0.1) is 25.4 Å². The summed E-state index contributed by atoms with van der Waals surface area (Å²) in [4.78, 5) is 24.5. The monoisotopic (exact) mass is 404 g/mol. The van der Waals surface area contributed by atoms with Gasteiger partial charge in [-0.1, -0.05) is 37.1 Å². The predicted molar refractivity (Wildman–Crippen MR) is 109 cm³/mol. The summed E-state index contributed by atoms with van der Waals surface area (Å²) in [7, 11) is 2.99. The summed E-state index contributed by atoms with van der Waals surface area (Å²) in [5, 5.41) is 10.1. The number of carbonyl (C=O) groups excluding carboxylic acids is 1. The number of hydrogen-bond acceptors (Lipinski definition) is 4. The van der Waals surface area contributed by atoms with Gasteiger partial charge in [-0.3, -0.25) is 4.79 Å². The lowest BCUT2D eigenvalue weighted by molar-refractivity contribution is -0.132. The van der Waals surface area contributed by atoms with Gasteiger partial charge in [0.15, 0.2) is 5.78 Å². The quantitative estimate of drug-likeness (QED) is 0.529. The first-order valence-corrected chi connectivity index (χ1v) is 9.19. The number of benzene rings is 1. The fourth-order valence-corrected chi connectivity index (χ4v) is 3.75. The van der Waals surface area contributed by atoms with E-state index in [0.29, 0.717) is 27.7 Å². The van der Waals surface area contributed by atoms with Crippen molar-refractivity contribution in [2.75, 3.05) is 14.2 Å². The highest BCUT2D eigenvalue weighted by atomic mass is 35.5. The lowest BCUT2D eigenvalue weighted by atomic mass is 9.66. The molecule has 6 heteroatoms. The summed E-state index contributed by atoms with van der Waals surface area (Å²) in [6, 6.07) is 4.84. The van der Waals surface area contributed by atoms with Crippen LogP contribution < -0.4 is 4.74 Å². The van der Waals surface area contributed by atoms with Gasteiger partial charge >= 0.3 is 5.97 Å². The first-order chi connectivity index (χ1) is 13.1. The molecule has 0 aromatic heterocycles. The van der Waals surface area contributed by atoms with E-state index in [9.17, 15) is 14.7 Å². The average molecular weight is 405 g/mol. The van der Waals surface area contributed by atoms with Gasteiger partial charge in [-0.25, -0.2) is 4.79 Å².